The van der Waals surface area contributed by atoms with E-state index in [1.807, 2.05) is 14.0 Å². The zero-order chi connectivity index (χ0) is 11.5. The molecule has 0 saturated carbocycles. The van der Waals surface area contributed by atoms with Crippen LogP contribution in [0, 0.1) is 16.7 Å². The van der Waals surface area contributed by atoms with Crippen molar-refractivity contribution in [2.24, 2.45) is 5.41 Å². The fourth-order valence-corrected chi connectivity index (χ4v) is 2.03. The van der Waals surface area contributed by atoms with Crippen molar-refractivity contribution >= 4 is 0 Å². The monoisotopic (exact) mass is 209 g/mol. The summed E-state index contributed by atoms with van der Waals surface area (Å²) in [6.07, 6.45) is 2.17. The van der Waals surface area contributed by atoms with Crippen LogP contribution in [0.3, 0.4) is 0 Å². The van der Waals surface area contributed by atoms with E-state index >= 15 is 0 Å². The standard InChI is InChI=1S/C12H23N3/c1-11(2)5-7-15(10-11)8-6-12(3,9-13)14-4/h14H,5-8,10H2,1-4H3. The summed E-state index contributed by atoms with van der Waals surface area (Å²) in [6, 6.07) is 2.34. The van der Waals surface area contributed by atoms with Gasteiger partial charge in [-0.3, -0.25) is 0 Å². The molecule has 1 aliphatic rings. The molecule has 3 heteroatoms. The molecule has 0 bridgehead atoms. The van der Waals surface area contributed by atoms with Crippen molar-refractivity contribution in [1.82, 2.24) is 10.2 Å². The van der Waals surface area contributed by atoms with E-state index in [9.17, 15) is 0 Å². The fraction of sp³-hybridized carbons (Fsp3) is 0.917. The Kier molecular flexibility index (Phi) is 3.75. The lowest BCUT2D eigenvalue weighted by Gasteiger charge is -2.25. The third-order valence-electron chi connectivity index (χ3n) is 3.48. The van der Waals surface area contributed by atoms with Crippen molar-refractivity contribution in [2.45, 2.75) is 39.2 Å². The quantitative estimate of drug-likeness (QED) is 0.764. The molecule has 1 heterocycles. The van der Waals surface area contributed by atoms with Gasteiger partial charge in [-0.1, -0.05) is 13.8 Å². The Bertz CT molecular complexity index is 254. The first-order valence-electron chi connectivity index (χ1n) is 5.73. The molecule has 0 aromatic heterocycles. The van der Waals surface area contributed by atoms with Gasteiger partial charge in [0.1, 0.15) is 5.54 Å². The van der Waals surface area contributed by atoms with E-state index in [4.69, 9.17) is 5.26 Å². The Morgan fingerprint density at radius 2 is 2.20 bits per heavy atom. The Labute approximate surface area is 93.5 Å². The summed E-state index contributed by atoms with van der Waals surface area (Å²) in [5.41, 5.74) is 0.0927. The number of hydrogen-bond acceptors (Lipinski definition) is 3. The first kappa shape index (κ1) is 12.5. The molecule has 15 heavy (non-hydrogen) atoms. The first-order valence-corrected chi connectivity index (χ1v) is 5.73. The number of rotatable bonds is 4. The Morgan fingerprint density at radius 1 is 1.53 bits per heavy atom. The molecule has 1 fully saturated rings. The zero-order valence-corrected chi connectivity index (χ0v) is 10.4. The summed E-state index contributed by atoms with van der Waals surface area (Å²) >= 11 is 0. The first-order chi connectivity index (χ1) is 6.91. The highest BCUT2D eigenvalue weighted by molar-refractivity contribution is 5.03. The maximum absolute atomic E-state index is 9.03. The topological polar surface area (TPSA) is 39.1 Å². The van der Waals surface area contributed by atoms with Gasteiger partial charge in [0, 0.05) is 13.1 Å². The van der Waals surface area contributed by atoms with Crippen LogP contribution in [0.5, 0.6) is 0 Å². The second-order valence-corrected chi connectivity index (χ2v) is 5.63. The average Bonchev–Trinajstić information content (AvgIpc) is 2.55. The van der Waals surface area contributed by atoms with Crippen LogP contribution in [0.25, 0.3) is 0 Å². The molecule has 1 rings (SSSR count). The van der Waals surface area contributed by atoms with Gasteiger partial charge in [-0.25, -0.2) is 0 Å². The van der Waals surface area contributed by atoms with Gasteiger partial charge in [0.2, 0.25) is 0 Å². The van der Waals surface area contributed by atoms with Gasteiger partial charge in [0.05, 0.1) is 6.07 Å². The molecule has 1 N–H and O–H groups in total. The molecule has 1 unspecified atom stereocenters. The SMILES string of the molecule is CNC(C)(C#N)CCN1CCC(C)(C)C1. The highest BCUT2D eigenvalue weighted by Gasteiger charge is 2.30. The smallest absolute Gasteiger partial charge is 0.104 e. The molecule has 0 spiro atoms. The van der Waals surface area contributed by atoms with Gasteiger partial charge in [-0.15, -0.1) is 0 Å². The summed E-state index contributed by atoms with van der Waals surface area (Å²) in [6.45, 7) is 9.96. The number of nitrogens with zero attached hydrogens (tertiary/aromatic N) is 2. The summed E-state index contributed by atoms with van der Waals surface area (Å²) in [4.78, 5) is 2.47. The summed E-state index contributed by atoms with van der Waals surface area (Å²) in [5, 5.41) is 12.1. The fourth-order valence-electron chi connectivity index (χ4n) is 2.03. The largest absolute Gasteiger partial charge is 0.303 e. The Hall–Kier alpha value is -0.590. The second kappa shape index (κ2) is 4.51. The molecular formula is C12H23N3. The van der Waals surface area contributed by atoms with Crippen molar-refractivity contribution in [1.29, 1.82) is 5.26 Å². The van der Waals surface area contributed by atoms with Crippen molar-refractivity contribution in [2.75, 3.05) is 26.7 Å². The lowest BCUT2D eigenvalue weighted by Crippen LogP contribution is -2.41. The normalized spacial score (nSPS) is 24.7. The Balaban J connectivity index is 2.36. The average molecular weight is 209 g/mol. The molecule has 0 aromatic rings. The van der Waals surface area contributed by atoms with Crippen LogP contribution in [0.2, 0.25) is 0 Å². The zero-order valence-electron chi connectivity index (χ0n) is 10.4. The van der Waals surface area contributed by atoms with Crippen LogP contribution in [-0.4, -0.2) is 37.1 Å². The van der Waals surface area contributed by atoms with E-state index in [1.165, 1.54) is 13.0 Å². The van der Waals surface area contributed by atoms with Crippen molar-refractivity contribution < 1.29 is 0 Å². The predicted molar refractivity (Wildman–Crippen MR) is 62.5 cm³/mol. The second-order valence-electron chi connectivity index (χ2n) is 5.63. The molecular weight excluding hydrogens is 186 g/mol. The summed E-state index contributed by atoms with van der Waals surface area (Å²) in [7, 11) is 1.86. The van der Waals surface area contributed by atoms with Crippen LogP contribution in [0.1, 0.15) is 33.6 Å². The van der Waals surface area contributed by atoms with Crippen LogP contribution < -0.4 is 5.32 Å². The molecule has 0 amide bonds. The molecule has 86 valence electrons. The maximum Gasteiger partial charge on any atom is 0.104 e. The number of likely N-dealkylation sites (tertiary alicyclic amines) is 1. The molecule has 1 aliphatic heterocycles. The van der Waals surface area contributed by atoms with E-state index in [1.54, 1.807) is 0 Å². The summed E-state index contributed by atoms with van der Waals surface area (Å²) in [5.74, 6) is 0. The van der Waals surface area contributed by atoms with Crippen LogP contribution >= 0.6 is 0 Å². The number of nitriles is 1. The Morgan fingerprint density at radius 3 is 2.60 bits per heavy atom. The van der Waals surface area contributed by atoms with Gasteiger partial charge in [-0.2, -0.15) is 5.26 Å². The van der Waals surface area contributed by atoms with Gasteiger partial charge >= 0.3 is 0 Å². The molecule has 1 saturated heterocycles. The van der Waals surface area contributed by atoms with Gasteiger partial charge in [0.25, 0.3) is 0 Å². The minimum Gasteiger partial charge on any atom is -0.303 e. The van der Waals surface area contributed by atoms with Crippen molar-refractivity contribution in [3.63, 3.8) is 0 Å². The highest BCUT2D eigenvalue weighted by Crippen LogP contribution is 2.29. The highest BCUT2D eigenvalue weighted by atomic mass is 15.2. The van der Waals surface area contributed by atoms with Crippen LogP contribution in [-0.2, 0) is 0 Å². The van der Waals surface area contributed by atoms with Gasteiger partial charge < -0.3 is 10.2 Å². The van der Waals surface area contributed by atoms with Gasteiger partial charge in [0.15, 0.2) is 0 Å². The molecule has 0 radical (unpaired) electrons. The minimum absolute atomic E-state index is 0.368. The van der Waals surface area contributed by atoms with Crippen molar-refractivity contribution in [3.05, 3.63) is 0 Å². The van der Waals surface area contributed by atoms with E-state index in [2.05, 4.69) is 30.1 Å². The molecule has 0 aromatic carbocycles. The van der Waals surface area contributed by atoms with E-state index in [0.29, 0.717) is 5.41 Å². The van der Waals surface area contributed by atoms with Gasteiger partial charge in [-0.05, 0) is 38.8 Å². The molecule has 0 aliphatic carbocycles. The van der Waals surface area contributed by atoms with E-state index in [-0.39, 0.29) is 5.54 Å². The lowest BCUT2D eigenvalue weighted by atomic mass is 9.93. The molecule has 1 atom stereocenters. The summed E-state index contributed by atoms with van der Waals surface area (Å²) < 4.78 is 0. The van der Waals surface area contributed by atoms with Crippen LogP contribution in [0.15, 0.2) is 0 Å². The predicted octanol–water partition coefficient (Wildman–Crippen LogP) is 1.61. The minimum atomic E-state index is -0.368. The molecule has 3 nitrogen and oxygen atoms in total. The van der Waals surface area contributed by atoms with E-state index in [0.717, 1.165) is 19.5 Å². The van der Waals surface area contributed by atoms with E-state index < -0.39 is 0 Å². The third kappa shape index (κ3) is 3.48. The number of hydrogen-bond donors (Lipinski definition) is 1. The lowest BCUT2D eigenvalue weighted by molar-refractivity contribution is 0.265. The van der Waals surface area contributed by atoms with Crippen molar-refractivity contribution in [3.8, 4) is 6.07 Å². The third-order valence-corrected chi connectivity index (χ3v) is 3.48. The number of nitrogens with one attached hydrogen (secondary N) is 1. The maximum atomic E-state index is 9.03. The van der Waals surface area contributed by atoms with Crippen LogP contribution in [0.4, 0.5) is 0 Å².